The monoisotopic (exact) mass is 574 g/mol. The molecule has 0 amide bonds. The smallest absolute Gasteiger partial charge is 0.429 e. The Morgan fingerprint density at radius 1 is 0.659 bits per heavy atom. The molecule has 9 heteroatoms. The molecule has 0 aliphatic rings. The molecule has 0 spiro atoms. The van der Waals surface area contributed by atoms with Gasteiger partial charge in [0.05, 0.1) is 0 Å². The van der Waals surface area contributed by atoms with Crippen LogP contribution >= 0.6 is 0 Å². The van der Waals surface area contributed by atoms with Crippen molar-refractivity contribution in [1.29, 1.82) is 0 Å². The molecule has 4 aromatic carbocycles. The van der Waals surface area contributed by atoms with E-state index in [1.165, 1.54) is 17.7 Å². The molecule has 0 unspecified atom stereocenters. The summed E-state index contributed by atoms with van der Waals surface area (Å²) in [6.45, 7) is 2.13. The Hall–Kier alpha value is -4.32. The quantitative estimate of drug-likeness (QED) is 0.0882. The van der Waals surface area contributed by atoms with Gasteiger partial charge in [0.1, 0.15) is 28.8 Å². The van der Waals surface area contributed by atoms with Gasteiger partial charge in [0, 0.05) is 28.8 Å². The molecule has 0 heterocycles. The first-order chi connectivity index (χ1) is 19.5. The molecule has 0 saturated heterocycles. The van der Waals surface area contributed by atoms with Gasteiger partial charge in [-0.2, -0.15) is 8.78 Å². The average Bonchev–Trinajstić information content (AvgIpc) is 2.90. The molecule has 0 aliphatic carbocycles. The van der Waals surface area contributed by atoms with E-state index >= 15 is 0 Å². The van der Waals surface area contributed by atoms with Gasteiger partial charge < -0.3 is 4.74 Å². The second-order valence-electron chi connectivity index (χ2n) is 9.23. The van der Waals surface area contributed by atoms with Gasteiger partial charge in [-0.25, -0.2) is 26.3 Å². The van der Waals surface area contributed by atoms with Gasteiger partial charge in [-0.3, -0.25) is 0 Å². The summed E-state index contributed by atoms with van der Waals surface area (Å²) in [6, 6.07) is 12.4. The molecular weight excluding hydrogens is 552 g/mol. The van der Waals surface area contributed by atoms with E-state index in [-0.39, 0.29) is 23.3 Å². The molecule has 0 saturated carbocycles. The van der Waals surface area contributed by atoms with Crippen molar-refractivity contribution in [3.63, 3.8) is 0 Å². The summed E-state index contributed by atoms with van der Waals surface area (Å²) < 4.78 is 117. The molecule has 0 fully saturated rings. The Labute approximate surface area is 231 Å². The Morgan fingerprint density at radius 3 is 1.83 bits per heavy atom. The van der Waals surface area contributed by atoms with E-state index in [1.54, 1.807) is 0 Å². The average molecular weight is 575 g/mol. The minimum Gasteiger partial charge on any atom is -0.429 e. The van der Waals surface area contributed by atoms with Crippen LogP contribution in [0.3, 0.4) is 0 Å². The highest BCUT2D eigenvalue weighted by atomic mass is 19.3. The number of benzene rings is 4. The first-order valence-electron chi connectivity index (χ1n) is 12.6. The van der Waals surface area contributed by atoms with E-state index in [0.717, 1.165) is 31.7 Å². The Kier molecular flexibility index (Phi) is 9.01. The Bertz CT molecular complexity index is 1570. The fourth-order valence-electron chi connectivity index (χ4n) is 4.10. The summed E-state index contributed by atoms with van der Waals surface area (Å²) in [6.07, 6.45) is -0.414. The summed E-state index contributed by atoms with van der Waals surface area (Å²) in [4.78, 5) is 0. The Morgan fingerprint density at radius 2 is 1.24 bits per heavy atom. The topological polar surface area (TPSA) is 9.23 Å². The second-order valence-corrected chi connectivity index (χ2v) is 9.23. The maximum atomic E-state index is 14.9. The predicted octanol–water partition coefficient (Wildman–Crippen LogP) is 9.45. The van der Waals surface area contributed by atoms with Crippen LogP contribution in [0.25, 0.3) is 11.1 Å². The first-order valence-corrected chi connectivity index (χ1v) is 12.6. The van der Waals surface area contributed by atoms with Gasteiger partial charge in [-0.05, 0) is 60.4 Å². The summed E-state index contributed by atoms with van der Waals surface area (Å²) >= 11 is 0. The zero-order valence-electron chi connectivity index (χ0n) is 21.6. The fraction of sp³-hybridized carbons (Fsp3) is 0.188. The van der Waals surface area contributed by atoms with Crippen LogP contribution in [0.15, 0.2) is 66.7 Å². The maximum absolute atomic E-state index is 14.9. The lowest BCUT2D eigenvalue weighted by Crippen LogP contribution is -2.25. The molecule has 1 nitrogen and oxygen atoms in total. The van der Waals surface area contributed by atoms with Crippen molar-refractivity contribution in [3.05, 3.63) is 124 Å². The van der Waals surface area contributed by atoms with Gasteiger partial charge in [0.2, 0.25) is 0 Å². The van der Waals surface area contributed by atoms with Gasteiger partial charge in [-0.15, -0.1) is 0 Å². The summed E-state index contributed by atoms with van der Waals surface area (Å²) in [5, 5.41) is 0. The highest BCUT2D eigenvalue weighted by molar-refractivity contribution is 5.66. The number of hydrogen-bond donors (Lipinski definition) is 0. The molecule has 0 radical (unpaired) electrons. The molecule has 4 aromatic rings. The van der Waals surface area contributed by atoms with Crippen molar-refractivity contribution in [2.45, 2.75) is 38.7 Å². The van der Waals surface area contributed by atoms with Crippen molar-refractivity contribution in [1.82, 2.24) is 0 Å². The molecule has 0 aliphatic heterocycles. The summed E-state index contributed by atoms with van der Waals surface area (Å²) in [5.74, 6) is -5.64. The second kappa shape index (κ2) is 12.5. The van der Waals surface area contributed by atoms with Gasteiger partial charge in [-0.1, -0.05) is 49.8 Å². The van der Waals surface area contributed by atoms with Crippen LogP contribution in [0.1, 0.15) is 48.4 Å². The molecule has 4 rings (SSSR count). The molecule has 0 atom stereocenters. The molecule has 0 bridgehead atoms. The third kappa shape index (κ3) is 7.07. The van der Waals surface area contributed by atoms with Crippen molar-refractivity contribution < 1.29 is 39.9 Å². The van der Waals surface area contributed by atoms with Crippen LogP contribution in [-0.4, -0.2) is 0 Å². The minimum absolute atomic E-state index is 0.0972. The largest absolute Gasteiger partial charge is 0.432 e. The molecule has 41 heavy (non-hydrogen) atoms. The zero-order valence-corrected chi connectivity index (χ0v) is 21.6. The van der Waals surface area contributed by atoms with Crippen LogP contribution in [0.2, 0.25) is 0 Å². The SMILES string of the molecule is CCCCCc1ccc(C#Cc2ccc(-c3cc(F)c(C(F)(F)Oc4cc(F)c(F)c(F)c4)c(F)c3)c(F)c2)cc1. The fourth-order valence-corrected chi connectivity index (χ4v) is 4.10. The van der Waals surface area contributed by atoms with Crippen LogP contribution in [0.5, 0.6) is 5.75 Å². The minimum atomic E-state index is -4.75. The number of rotatable bonds is 8. The lowest BCUT2D eigenvalue weighted by molar-refractivity contribution is -0.189. The standard InChI is InChI=1S/C32H22F8O/c1-2-3-4-5-19-6-8-20(9-7-19)10-11-21-12-13-24(25(33)14-21)22-15-26(34)30(27(35)16-22)32(39,40)41-23-17-28(36)31(38)29(37)18-23/h6-9,12-18H,2-5H2,1H3. The predicted molar refractivity (Wildman–Crippen MR) is 138 cm³/mol. The number of hydrogen-bond acceptors (Lipinski definition) is 1. The third-order valence-electron chi connectivity index (χ3n) is 6.19. The van der Waals surface area contributed by atoms with Crippen LogP contribution in [0.4, 0.5) is 35.1 Å². The van der Waals surface area contributed by atoms with E-state index < -0.39 is 57.9 Å². The van der Waals surface area contributed by atoms with Crippen LogP contribution in [-0.2, 0) is 12.5 Å². The summed E-state index contributed by atoms with van der Waals surface area (Å²) in [7, 11) is 0. The lowest BCUT2D eigenvalue weighted by atomic mass is 10.00. The van der Waals surface area contributed by atoms with Crippen molar-refractivity contribution in [2.75, 3.05) is 0 Å². The summed E-state index contributed by atoms with van der Waals surface area (Å²) in [5.41, 5.74) is -0.396. The highest BCUT2D eigenvalue weighted by Gasteiger charge is 2.41. The molecule has 0 N–H and O–H groups in total. The number of aryl methyl sites for hydroxylation is 1. The van der Waals surface area contributed by atoms with Crippen LogP contribution in [0, 0.1) is 46.7 Å². The highest BCUT2D eigenvalue weighted by Crippen LogP contribution is 2.38. The number of ether oxygens (including phenoxy) is 1. The number of alkyl halides is 2. The molecular formula is C32H22F8O. The van der Waals surface area contributed by atoms with Crippen LogP contribution < -0.4 is 4.74 Å². The maximum Gasteiger partial charge on any atom is 0.432 e. The van der Waals surface area contributed by atoms with E-state index in [2.05, 4.69) is 23.5 Å². The van der Waals surface area contributed by atoms with E-state index in [9.17, 15) is 35.1 Å². The third-order valence-corrected chi connectivity index (χ3v) is 6.19. The number of unbranched alkanes of at least 4 members (excludes halogenated alkanes) is 2. The van der Waals surface area contributed by atoms with E-state index in [0.29, 0.717) is 17.7 Å². The molecule has 212 valence electrons. The zero-order chi connectivity index (χ0) is 29.7. The number of halogens is 8. The first kappa shape index (κ1) is 29.7. The normalized spacial score (nSPS) is 11.2. The van der Waals surface area contributed by atoms with Crippen molar-refractivity contribution in [3.8, 4) is 28.7 Å². The molecule has 0 aromatic heterocycles. The lowest BCUT2D eigenvalue weighted by Gasteiger charge is -2.20. The van der Waals surface area contributed by atoms with Crippen molar-refractivity contribution >= 4 is 0 Å². The van der Waals surface area contributed by atoms with E-state index in [1.807, 2.05) is 24.3 Å². The van der Waals surface area contributed by atoms with Gasteiger partial charge >= 0.3 is 6.11 Å². The Balaban J connectivity index is 1.54. The van der Waals surface area contributed by atoms with E-state index in [4.69, 9.17) is 0 Å². The van der Waals surface area contributed by atoms with Gasteiger partial charge in [0.25, 0.3) is 0 Å². The van der Waals surface area contributed by atoms with Gasteiger partial charge in [0.15, 0.2) is 17.5 Å². The van der Waals surface area contributed by atoms with Crippen molar-refractivity contribution in [2.24, 2.45) is 0 Å².